The molecular weight excluding hydrogens is 609 g/mol. The fourth-order valence-electron chi connectivity index (χ4n) is 9.34. The Bertz CT molecular complexity index is 3100. The third-order valence-corrected chi connectivity index (χ3v) is 11.4. The average molecular weight is 639 g/mol. The number of aryl methyl sites for hydroxylation is 1. The number of aromatic nitrogens is 2. The maximum absolute atomic E-state index is 5.63. The van der Waals surface area contributed by atoms with E-state index < -0.39 is 0 Å². The van der Waals surface area contributed by atoms with Crippen LogP contribution in [0.2, 0.25) is 0 Å². The van der Waals surface area contributed by atoms with Crippen LogP contribution < -0.4 is 0 Å². The normalized spacial score (nSPS) is 18.6. The summed E-state index contributed by atoms with van der Waals surface area (Å²) in [7, 11) is 0. The number of para-hydroxylation sites is 1. The van der Waals surface area contributed by atoms with Gasteiger partial charge >= 0.3 is 0 Å². The summed E-state index contributed by atoms with van der Waals surface area (Å²) in [6, 6.07) is 39.9. The number of hydrogen-bond donors (Lipinski definition) is 0. The smallest absolute Gasteiger partial charge is 0.157 e. The van der Waals surface area contributed by atoms with E-state index in [1.165, 1.54) is 81.8 Å². The molecule has 4 heteroatoms. The zero-order chi connectivity index (χ0) is 32.5. The van der Waals surface area contributed by atoms with Crippen LogP contribution in [-0.2, 0) is 6.42 Å². The maximum atomic E-state index is 5.63. The summed E-state index contributed by atoms with van der Waals surface area (Å²) in [6.07, 6.45) is 15.6. The van der Waals surface area contributed by atoms with Crippen LogP contribution in [0.15, 0.2) is 150 Å². The standard InChI is InChI=1S/C46H30N4/c1-3-15-29-27(12-1)14-11-20-32(29)45-47-37-21-8-5-18-33(37)46(48-45)50-40-25-24-28-13-2-4-16-30(28)41(40)36-26-35-31-17-6-9-22-38(31)49-39-23-10-7-19-34(39)42(43(35)49)44(36)50/h1-8,10-21,23-26,33,37H,9,22H2. The SMILES string of the molecule is C1=CC2N=C(c3cccc4ccccc34)N=C(n3c4ccc5ccccc5c4c4cc5c6c(n7c8ccccc8c(c43)c57)CCC=C6)C2C=C1. The van der Waals surface area contributed by atoms with Crippen molar-refractivity contribution in [3.05, 3.63) is 156 Å². The van der Waals surface area contributed by atoms with Gasteiger partial charge in [-0.1, -0.05) is 127 Å². The molecule has 2 unspecified atom stereocenters. The van der Waals surface area contributed by atoms with E-state index >= 15 is 0 Å². The van der Waals surface area contributed by atoms with E-state index in [9.17, 15) is 0 Å². The molecule has 0 N–H and O–H groups in total. The quantitative estimate of drug-likeness (QED) is 0.171. The molecule has 3 aromatic heterocycles. The van der Waals surface area contributed by atoms with Gasteiger partial charge in [-0.25, -0.2) is 4.99 Å². The molecule has 0 radical (unpaired) electrons. The number of amidine groups is 1. The zero-order valence-corrected chi connectivity index (χ0v) is 27.2. The fourth-order valence-corrected chi connectivity index (χ4v) is 9.34. The lowest BCUT2D eigenvalue weighted by Crippen LogP contribution is -2.35. The first kappa shape index (κ1) is 26.7. The van der Waals surface area contributed by atoms with Crippen molar-refractivity contribution in [1.82, 2.24) is 8.97 Å². The van der Waals surface area contributed by atoms with E-state index in [1.54, 1.807) is 0 Å². The lowest BCUT2D eigenvalue weighted by Gasteiger charge is -2.29. The zero-order valence-electron chi connectivity index (χ0n) is 27.2. The van der Waals surface area contributed by atoms with E-state index in [2.05, 4.69) is 155 Å². The second kappa shape index (κ2) is 9.67. The highest BCUT2D eigenvalue weighted by Crippen LogP contribution is 2.48. The number of allylic oxidation sites excluding steroid dienone is 3. The van der Waals surface area contributed by atoms with Gasteiger partial charge in [0.1, 0.15) is 5.84 Å². The molecule has 1 aliphatic heterocycles. The van der Waals surface area contributed by atoms with Crippen LogP contribution >= 0.6 is 0 Å². The first-order valence-electron chi connectivity index (χ1n) is 17.7. The van der Waals surface area contributed by atoms with Crippen molar-refractivity contribution >= 4 is 88.3 Å². The third kappa shape index (κ3) is 3.35. The topological polar surface area (TPSA) is 34.1 Å². The summed E-state index contributed by atoms with van der Waals surface area (Å²) in [5.74, 6) is 1.80. The highest BCUT2D eigenvalue weighted by molar-refractivity contribution is 6.36. The largest absolute Gasteiger partial charge is 0.312 e. The Morgan fingerprint density at radius 2 is 1.40 bits per heavy atom. The monoisotopic (exact) mass is 638 g/mol. The maximum Gasteiger partial charge on any atom is 0.157 e. The second-order valence-corrected chi connectivity index (χ2v) is 13.9. The van der Waals surface area contributed by atoms with E-state index in [0.29, 0.717) is 0 Å². The average Bonchev–Trinajstić information content (AvgIpc) is 3.82. The number of nitrogens with zero attached hydrogens (tertiary/aromatic N) is 4. The third-order valence-electron chi connectivity index (χ3n) is 11.4. The Kier molecular flexibility index (Phi) is 5.16. The van der Waals surface area contributed by atoms with Crippen molar-refractivity contribution in [2.45, 2.75) is 18.9 Å². The Labute approximate surface area is 287 Å². The van der Waals surface area contributed by atoms with Gasteiger partial charge in [-0.3, -0.25) is 9.56 Å². The van der Waals surface area contributed by atoms with Gasteiger partial charge in [-0.2, -0.15) is 0 Å². The van der Waals surface area contributed by atoms with Crippen molar-refractivity contribution in [2.24, 2.45) is 15.9 Å². The lowest BCUT2D eigenvalue weighted by atomic mass is 9.91. The number of rotatable bonds is 1. The van der Waals surface area contributed by atoms with Crippen molar-refractivity contribution in [2.75, 3.05) is 0 Å². The molecular formula is C46H30N4. The summed E-state index contributed by atoms with van der Waals surface area (Å²) < 4.78 is 5.08. The molecule has 12 rings (SSSR count). The molecule has 3 aliphatic rings. The first-order chi connectivity index (χ1) is 24.8. The molecule has 0 spiro atoms. The Balaban J connectivity index is 1.29. The molecule has 0 amide bonds. The number of fused-ring (bicyclic) bond motifs is 14. The highest BCUT2D eigenvalue weighted by Gasteiger charge is 2.34. The van der Waals surface area contributed by atoms with E-state index in [-0.39, 0.29) is 12.0 Å². The van der Waals surface area contributed by atoms with Crippen LogP contribution in [0.4, 0.5) is 0 Å². The van der Waals surface area contributed by atoms with E-state index in [4.69, 9.17) is 9.98 Å². The van der Waals surface area contributed by atoms with E-state index in [0.717, 1.165) is 30.1 Å². The minimum Gasteiger partial charge on any atom is -0.312 e. The molecule has 4 heterocycles. The van der Waals surface area contributed by atoms with E-state index in [1.807, 2.05) is 0 Å². The van der Waals surface area contributed by atoms with Gasteiger partial charge in [-0.15, -0.1) is 0 Å². The van der Waals surface area contributed by atoms with Crippen LogP contribution in [0.3, 0.4) is 0 Å². The number of hydrogen-bond acceptors (Lipinski definition) is 2. The highest BCUT2D eigenvalue weighted by atomic mass is 15.1. The van der Waals surface area contributed by atoms with Gasteiger partial charge in [0.25, 0.3) is 0 Å². The summed E-state index contributed by atoms with van der Waals surface area (Å²) in [6.45, 7) is 0. The van der Waals surface area contributed by atoms with Gasteiger partial charge in [0.2, 0.25) is 0 Å². The number of benzene rings is 6. The second-order valence-electron chi connectivity index (χ2n) is 13.9. The molecule has 0 bridgehead atoms. The van der Waals surface area contributed by atoms with Crippen molar-refractivity contribution < 1.29 is 0 Å². The van der Waals surface area contributed by atoms with Crippen molar-refractivity contribution in [3.8, 4) is 0 Å². The van der Waals surface area contributed by atoms with Gasteiger partial charge < -0.3 is 4.40 Å². The molecule has 0 fully saturated rings. The molecule has 4 nitrogen and oxygen atoms in total. The summed E-state index contributed by atoms with van der Waals surface area (Å²) in [5, 5.41) is 11.4. The molecule has 0 saturated heterocycles. The van der Waals surface area contributed by atoms with Crippen LogP contribution in [-0.4, -0.2) is 26.7 Å². The molecule has 0 saturated carbocycles. The molecule has 50 heavy (non-hydrogen) atoms. The molecule has 234 valence electrons. The Morgan fingerprint density at radius 3 is 2.32 bits per heavy atom. The van der Waals surface area contributed by atoms with Gasteiger partial charge in [0.05, 0.1) is 34.0 Å². The molecule has 9 aromatic rings. The fraction of sp³-hybridized carbons (Fsp3) is 0.0870. The predicted octanol–water partition coefficient (Wildman–Crippen LogP) is 10.9. The van der Waals surface area contributed by atoms with Crippen LogP contribution in [0.25, 0.3) is 76.6 Å². The molecule has 6 aromatic carbocycles. The summed E-state index contributed by atoms with van der Waals surface area (Å²) >= 11 is 0. The van der Waals surface area contributed by atoms with Crippen LogP contribution in [0.1, 0.15) is 23.2 Å². The number of aliphatic imine (C=N–C) groups is 2. The Hall–Kier alpha value is -6.26. The minimum atomic E-state index is -0.0552. The molecule has 2 aliphatic carbocycles. The van der Waals surface area contributed by atoms with Crippen molar-refractivity contribution in [3.63, 3.8) is 0 Å². The van der Waals surface area contributed by atoms with Gasteiger partial charge in [0.15, 0.2) is 5.84 Å². The minimum absolute atomic E-state index is 0.00790. The first-order valence-corrected chi connectivity index (χ1v) is 17.7. The van der Waals surface area contributed by atoms with Crippen LogP contribution in [0.5, 0.6) is 0 Å². The molecule has 2 atom stereocenters. The summed E-state index contributed by atoms with van der Waals surface area (Å²) in [4.78, 5) is 11.0. The summed E-state index contributed by atoms with van der Waals surface area (Å²) in [5.41, 5.74) is 8.86. The van der Waals surface area contributed by atoms with Crippen LogP contribution in [0, 0.1) is 5.92 Å². The van der Waals surface area contributed by atoms with Gasteiger partial charge in [0, 0.05) is 43.8 Å². The predicted molar refractivity (Wildman–Crippen MR) is 210 cm³/mol. The Morgan fingerprint density at radius 1 is 0.620 bits per heavy atom. The van der Waals surface area contributed by atoms with Gasteiger partial charge in [-0.05, 0) is 52.6 Å². The lowest BCUT2D eigenvalue weighted by molar-refractivity contribution is 0.693. The van der Waals surface area contributed by atoms with Crippen molar-refractivity contribution in [1.29, 1.82) is 0 Å².